The van der Waals surface area contributed by atoms with Crippen LogP contribution in [-0.2, 0) is 5.41 Å². The number of hydrogen-bond acceptors (Lipinski definition) is 2. The Morgan fingerprint density at radius 2 is 0.878 bits per heavy atom. The van der Waals surface area contributed by atoms with Crippen molar-refractivity contribution in [2.45, 2.75) is 229 Å². The first-order valence-corrected chi connectivity index (χ1v) is 38.9. The van der Waals surface area contributed by atoms with Crippen LogP contribution in [0.4, 0.5) is 0 Å². The van der Waals surface area contributed by atoms with Crippen LogP contribution in [0.5, 0.6) is 0 Å². The van der Waals surface area contributed by atoms with Crippen LogP contribution in [0.15, 0.2) is 11.4 Å². The monoisotopic (exact) mass is 926 g/mol. The van der Waals surface area contributed by atoms with E-state index in [-0.39, 0.29) is 0 Å². The van der Waals surface area contributed by atoms with Crippen LogP contribution in [0.1, 0.15) is 208 Å². The standard InChI is InChI=1S/C21H28S2.6C4H9.2Sn/c1-3-5-7-9-13-21(14-10-8-6-4-2)17-11-15-22-19(17)20-18(21)12-16-23-20;6*1-3-4-2;;/h11,15H,3-10,13-14H2,1-2H3;6*1,3-4H2,2H3;;. The maximum atomic E-state index is 2.67. The molecule has 0 aliphatic heterocycles. The van der Waals surface area contributed by atoms with Crippen LogP contribution in [0.2, 0.25) is 26.6 Å². The van der Waals surface area contributed by atoms with E-state index in [0.29, 0.717) is 5.41 Å². The summed E-state index contributed by atoms with van der Waals surface area (Å²) in [7, 11) is 0. The molecule has 3 rings (SSSR count). The second-order valence-corrected chi connectivity index (χ2v) is 45.6. The van der Waals surface area contributed by atoms with Crippen LogP contribution in [0, 0.1) is 0 Å². The molecule has 2 aromatic rings. The quantitative estimate of drug-likeness (QED) is 0.0541. The predicted octanol–water partition coefficient (Wildman–Crippen LogP) is 16.1. The first-order valence-electron chi connectivity index (χ1n) is 22.2. The van der Waals surface area contributed by atoms with Gasteiger partial charge in [0.2, 0.25) is 0 Å². The van der Waals surface area contributed by atoms with Crippen molar-refractivity contribution in [1.29, 1.82) is 0 Å². The van der Waals surface area contributed by atoms with Gasteiger partial charge in [0.1, 0.15) is 0 Å². The molecule has 0 radical (unpaired) electrons. The van der Waals surface area contributed by atoms with E-state index in [0.717, 1.165) is 0 Å². The summed E-state index contributed by atoms with van der Waals surface area (Å²) in [6.07, 6.45) is 31.4. The zero-order valence-electron chi connectivity index (χ0n) is 34.3. The molecule has 2 aromatic heterocycles. The molecule has 0 unspecified atom stereocenters. The summed E-state index contributed by atoms with van der Waals surface area (Å²) in [4.78, 5) is 3.64. The van der Waals surface area contributed by atoms with Gasteiger partial charge in [-0.1, -0.05) is 0 Å². The molecule has 0 bridgehead atoms. The van der Waals surface area contributed by atoms with Gasteiger partial charge in [-0.3, -0.25) is 0 Å². The van der Waals surface area contributed by atoms with Crippen molar-refractivity contribution in [3.8, 4) is 9.75 Å². The zero-order valence-corrected chi connectivity index (χ0v) is 41.6. The van der Waals surface area contributed by atoms with Gasteiger partial charge in [0.15, 0.2) is 0 Å². The Labute approximate surface area is 324 Å². The van der Waals surface area contributed by atoms with Gasteiger partial charge in [0.05, 0.1) is 0 Å². The normalized spacial score (nSPS) is 14.1. The van der Waals surface area contributed by atoms with Gasteiger partial charge in [-0.05, 0) is 0 Å². The summed E-state index contributed by atoms with van der Waals surface area (Å²) < 4.78 is 14.4. The second kappa shape index (κ2) is 23.7. The van der Waals surface area contributed by atoms with Gasteiger partial charge in [-0.15, -0.1) is 0 Å². The van der Waals surface area contributed by atoms with Crippen molar-refractivity contribution in [2.24, 2.45) is 0 Å². The molecule has 0 aromatic carbocycles. The Bertz CT molecular complexity index is 1100. The van der Waals surface area contributed by atoms with E-state index < -0.39 is 36.8 Å². The molecular formula is C45H82S2Sn2. The number of hydrogen-bond donors (Lipinski definition) is 0. The fourth-order valence-corrected chi connectivity index (χ4v) is 61.2. The number of unbranched alkanes of at least 4 members (excludes halogenated alkanes) is 12. The fraction of sp³-hybridized carbons (Fsp3) is 0.822. The topological polar surface area (TPSA) is 0 Å². The summed E-state index contributed by atoms with van der Waals surface area (Å²) in [5.74, 6) is 0. The number of rotatable bonds is 30. The van der Waals surface area contributed by atoms with Crippen molar-refractivity contribution >= 4 is 65.9 Å². The zero-order chi connectivity index (χ0) is 35.6. The minimum atomic E-state index is -2.84. The summed E-state index contributed by atoms with van der Waals surface area (Å²) >= 11 is -0.900. The molecule has 1 aliphatic rings. The van der Waals surface area contributed by atoms with E-state index in [2.05, 4.69) is 102 Å². The van der Waals surface area contributed by atoms with E-state index in [1.54, 1.807) is 31.5 Å². The molecule has 2 heterocycles. The maximum absolute atomic E-state index is 2.84. The van der Waals surface area contributed by atoms with E-state index >= 15 is 0 Å². The van der Waals surface area contributed by atoms with Gasteiger partial charge >= 0.3 is 327 Å². The second-order valence-electron chi connectivity index (χ2n) is 16.6. The van der Waals surface area contributed by atoms with Gasteiger partial charge in [-0.25, -0.2) is 0 Å². The molecule has 282 valence electrons. The van der Waals surface area contributed by atoms with Crippen molar-refractivity contribution in [1.82, 2.24) is 0 Å². The average Bonchev–Trinajstić information content (AvgIpc) is 3.83. The molecule has 0 saturated heterocycles. The molecule has 0 atom stereocenters. The summed E-state index contributed by atoms with van der Waals surface area (Å²) in [6, 6.07) is 2.67. The third-order valence-electron chi connectivity index (χ3n) is 12.8. The molecule has 0 N–H and O–H groups in total. The predicted molar refractivity (Wildman–Crippen MR) is 235 cm³/mol. The molecule has 4 heteroatoms. The Balaban J connectivity index is 2.51. The van der Waals surface area contributed by atoms with Gasteiger partial charge < -0.3 is 0 Å². The third kappa shape index (κ3) is 11.0. The van der Waals surface area contributed by atoms with Gasteiger partial charge in [-0.2, -0.15) is 0 Å². The molecule has 0 nitrogen and oxygen atoms in total. The minimum absolute atomic E-state index is 0.306. The van der Waals surface area contributed by atoms with Gasteiger partial charge in [0.25, 0.3) is 0 Å². The Morgan fingerprint density at radius 1 is 0.469 bits per heavy atom. The van der Waals surface area contributed by atoms with Crippen LogP contribution in [0.3, 0.4) is 0 Å². The summed E-state index contributed by atoms with van der Waals surface area (Å²) in [5, 5.41) is 2.52. The fourth-order valence-electron chi connectivity index (χ4n) is 9.83. The van der Waals surface area contributed by atoms with Crippen molar-refractivity contribution < 1.29 is 0 Å². The van der Waals surface area contributed by atoms with Gasteiger partial charge in [0, 0.05) is 0 Å². The Kier molecular flexibility index (Phi) is 21.5. The van der Waals surface area contributed by atoms with E-state index in [1.807, 2.05) is 10.4 Å². The van der Waals surface area contributed by atoms with Crippen LogP contribution in [-0.4, -0.2) is 36.8 Å². The summed E-state index contributed by atoms with van der Waals surface area (Å²) in [5.41, 5.74) is 4.20. The van der Waals surface area contributed by atoms with Crippen LogP contribution in [0.25, 0.3) is 9.75 Å². The Hall–Kier alpha value is 0.997. The molecule has 0 saturated carbocycles. The summed E-state index contributed by atoms with van der Waals surface area (Å²) in [6.45, 7) is 19.8. The van der Waals surface area contributed by atoms with E-state index in [9.17, 15) is 0 Å². The molecule has 0 fully saturated rings. The van der Waals surface area contributed by atoms with Crippen molar-refractivity contribution in [3.63, 3.8) is 0 Å². The molecule has 49 heavy (non-hydrogen) atoms. The van der Waals surface area contributed by atoms with Crippen molar-refractivity contribution in [2.75, 3.05) is 0 Å². The molecular weight excluding hydrogens is 842 g/mol. The number of thiophene rings is 2. The number of fused-ring (bicyclic) bond motifs is 3. The van der Waals surface area contributed by atoms with Crippen molar-refractivity contribution in [3.05, 3.63) is 22.6 Å². The molecule has 0 spiro atoms. The Morgan fingerprint density at radius 3 is 1.29 bits per heavy atom. The molecule has 0 amide bonds. The van der Waals surface area contributed by atoms with Crippen LogP contribution >= 0.6 is 22.7 Å². The van der Waals surface area contributed by atoms with E-state index in [4.69, 9.17) is 0 Å². The van der Waals surface area contributed by atoms with Crippen LogP contribution < -0.4 is 6.47 Å². The first kappa shape index (κ1) is 44.4. The van der Waals surface area contributed by atoms with E-state index in [1.165, 1.54) is 141 Å². The third-order valence-corrected chi connectivity index (χ3v) is 51.5. The first-order chi connectivity index (χ1) is 23.9. The SMILES string of the molecule is CCCCCCC1(CCCCCC)c2ccsc2-c2s[c]([Sn]([CH2]CCC)([CH2]CCC)[CH2]CCC)[c]([Sn]([CH2]CCC)([CH2]CCC)[CH2]CCC)c21. The molecule has 1 aliphatic carbocycles. The average molecular weight is 925 g/mol.